The zero-order valence-corrected chi connectivity index (χ0v) is 23.7. The van der Waals surface area contributed by atoms with Gasteiger partial charge < -0.3 is 4.98 Å². The SMILES string of the molecule is C=CN=C(c1ccc(C(=C)C)s1)c1nc(-c2n[nH]c3ccc(-c4cncc(CN5CCC(F)(F)C5)c4)cc23)[nH]c1C. The van der Waals surface area contributed by atoms with Crippen molar-refractivity contribution < 1.29 is 8.78 Å². The maximum atomic E-state index is 13.7. The first kappa shape index (κ1) is 26.9. The lowest BCUT2D eigenvalue weighted by Crippen LogP contribution is -2.24. The van der Waals surface area contributed by atoms with Gasteiger partial charge in [0.2, 0.25) is 0 Å². The van der Waals surface area contributed by atoms with Crippen LogP contribution in [0.5, 0.6) is 0 Å². The maximum Gasteiger partial charge on any atom is 0.261 e. The van der Waals surface area contributed by atoms with Crippen molar-refractivity contribution in [3.63, 3.8) is 0 Å². The molecule has 1 fully saturated rings. The summed E-state index contributed by atoms with van der Waals surface area (Å²) in [5.41, 5.74) is 7.63. The lowest BCUT2D eigenvalue weighted by molar-refractivity contribution is 0.0115. The van der Waals surface area contributed by atoms with Crippen molar-refractivity contribution in [2.45, 2.75) is 32.7 Å². The number of imidazole rings is 1. The Bertz CT molecular complexity index is 1810. The number of aliphatic imine (C=N–C) groups is 1. The highest BCUT2D eigenvalue weighted by molar-refractivity contribution is 7.15. The number of nitrogens with one attached hydrogen (secondary N) is 2. The third-order valence-corrected chi connectivity index (χ3v) is 8.41. The Kier molecular flexibility index (Phi) is 6.96. The number of halogens is 2. The van der Waals surface area contributed by atoms with Crippen LogP contribution in [0.4, 0.5) is 8.78 Å². The smallest absolute Gasteiger partial charge is 0.261 e. The molecule has 0 unspecified atom stereocenters. The molecule has 0 saturated carbocycles. The molecule has 6 rings (SSSR count). The molecule has 0 amide bonds. The number of nitrogens with zero attached hydrogens (tertiary/aromatic N) is 5. The number of aromatic nitrogens is 5. The number of hydrogen-bond donors (Lipinski definition) is 2. The number of aromatic amines is 2. The largest absolute Gasteiger partial charge is 0.340 e. The van der Waals surface area contributed by atoms with Gasteiger partial charge in [0.15, 0.2) is 5.82 Å². The Labute approximate surface area is 240 Å². The third-order valence-electron chi connectivity index (χ3n) is 7.16. The summed E-state index contributed by atoms with van der Waals surface area (Å²) in [5.74, 6) is -2.00. The third kappa shape index (κ3) is 5.40. The molecule has 1 saturated heterocycles. The van der Waals surface area contributed by atoms with Gasteiger partial charge in [0.1, 0.15) is 17.1 Å². The summed E-state index contributed by atoms with van der Waals surface area (Å²) < 4.78 is 27.3. The molecule has 7 nitrogen and oxygen atoms in total. The molecule has 1 aliphatic heterocycles. The van der Waals surface area contributed by atoms with Gasteiger partial charge in [-0.3, -0.25) is 20.0 Å². The first-order chi connectivity index (χ1) is 19.7. The van der Waals surface area contributed by atoms with Gasteiger partial charge in [-0.15, -0.1) is 11.3 Å². The van der Waals surface area contributed by atoms with Crippen molar-refractivity contribution in [2.24, 2.45) is 4.99 Å². The molecule has 208 valence electrons. The molecule has 41 heavy (non-hydrogen) atoms. The van der Waals surface area contributed by atoms with Crippen LogP contribution in [0.1, 0.15) is 40.1 Å². The fourth-order valence-electron chi connectivity index (χ4n) is 5.14. The van der Waals surface area contributed by atoms with Crippen molar-refractivity contribution in [2.75, 3.05) is 13.1 Å². The van der Waals surface area contributed by atoms with Crippen LogP contribution in [0.3, 0.4) is 0 Å². The van der Waals surface area contributed by atoms with Gasteiger partial charge in [-0.25, -0.2) is 13.8 Å². The van der Waals surface area contributed by atoms with Crippen LogP contribution in [-0.2, 0) is 6.54 Å². The van der Waals surface area contributed by atoms with E-state index in [0.717, 1.165) is 60.0 Å². The average molecular weight is 570 g/mol. The topological polar surface area (TPSA) is 85.8 Å². The maximum absolute atomic E-state index is 13.7. The number of H-pyrrole nitrogens is 2. The van der Waals surface area contributed by atoms with Gasteiger partial charge in [0.05, 0.1) is 16.9 Å². The van der Waals surface area contributed by atoms with Gasteiger partial charge >= 0.3 is 0 Å². The van der Waals surface area contributed by atoms with E-state index in [1.807, 2.05) is 50.2 Å². The summed E-state index contributed by atoms with van der Waals surface area (Å²) >= 11 is 1.61. The number of likely N-dealkylation sites (tertiary alicyclic amines) is 1. The number of hydrogen-bond acceptors (Lipinski definition) is 6. The zero-order chi connectivity index (χ0) is 28.7. The number of benzene rings is 1. The predicted molar refractivity (Wildman–Crippen MR) is 161 cm³/mol. The van der Waals surface area contributed by atoms with Crippen molar-refractivity contribution >= 4 is 33.5 Å². The fourth-order valence-corrected chi connectivity index (χ4v) is 6.07. The van der Waals surface area contributed by atoms with Gasteiger partial charge in [-0.1, -0.05) is 19.2 Å². The molecular formula is C31H29F2N7S. The summed E-state index contributed by atoms with van der Waals surface area (Å²) in [6.45, 7) is 12.4. The van der Waals surface area contributed by atoms with Gasteiger partial charge in [-0.05, 0) is 60.9 Å². The normalized spacial score (nSPS) is 15.6. The van der Waals surface area contributed by atoms with E-state index in [0.29, 0.717) is 24.6 Å². The highest BCUT2D eigenvalue weighted by atomic mass is 32.1. The first-order valence-electron chi connectivity index (χ1n) is 13.3. The number of rotatable bonds is 8. The van der Waals surface area contributed by atoms with E-state index in [1.54, 1.807) is 28.6 Å². The first-order valence-corrected chi connectivity index (χ1v) is 14.1. The standard InChI is InChI=1S/C31H29F2N7S/c1-5-35-29(26-9-8-25(41-26)18(2)3)27-19(4)36-30(37-27)28-23-13-21(6-7-24(23)38-39-28)22-12-20(14-34-15-22)16-40-11-10-31(32,33)17-40/h5-9,12-15H,1-2,10-11,16-17H2,3-4H3,(H,36,37)(H,38,39). The Morgan fingerprint density at radius 1 is 1.17 bits per heavy atom. The Balaban J connectivity index is 1.33. The summed E-state index contributed by atoms with van der Waals surface area (Å²) in [7, 11) is 0. The molecule has 5 aromatic rings. The fraction of sp³-hybridized carbons (Fsp3) is 0.226. The molecule has 1 aliphatic rings. The van der Waals surface area contributed by atoms with Crippen molar-refractivity contribution in [1.29, 1.82) is 0 Å². The summed E-state index contributed by atoms with van der Waals surface area (Å²) in [4.78, 5) is 21.1. The van der Waals surface area contributed by atoms with Crippen LogP contribution in [0.15, 0.2) is 73.1 Å². The number of alkyl halides is 2. The lowest BCUT2D eigenvalue weighted by atomic mass is 10.0. The average Bonchev–Trinajstić information content (AvgIpc) is 3.73. The minimum atomic E-state index is -2.62. The molecule has 0 atom stereocenters. The van der Waals surface area contributed by atoms with E-state index in [-0.39, 0.29) is 13.0 Å². The van der Waals surface area contributed by atoms with E-state index in [9.17, 15) is 8.78 Å². The second-order valence-corrected chi connectivity index (χ2v) is 11.5. The Morgan fingerprint density at radius 2 is 2.00 bits per heavy atom. The van der Waals surface area contributed by atoms with Crippen LogP contribution in [0.2, 0.25) is 0 Å². The van der Waals surface area contributed by atoms with Gasteiger partial charge in [-0.2, -0.15) is 5.10 Å². The second kappa shape index (κ2) is 10.6. The van der Waals surface area contributed by atoms with Crippen LogP contribution in [0, 0.1) is 6.92 Å². The molecule has 1 aromatic carbocycles. The lowest BCUT2D eigenvalue weighted by Gasteiger charge is -2.15. The minimum Gasteiger partial charge on any atom is -0.340 e. The molecule has 4 aromatic heterocycles. The number of allylic oxidation sites excluding steroid dienone is 1. The summed E-state index contributed by atoms with van der Waals surface area (Å²) in [5, 5.41) is 8.58. The van der Waals surface area contributed by atoms with E-state index in [2.05, 4.69) is 38.3 Å². The van der Waals surface area contributed by atoms with Crippen molar-refractivity contribution in [3.8, 4) is 22.6 Å². The molecule has 0 aliphatic carbocycles. The number of fused-ring (bicyclic) bond motifs is 1. The zero-order valence-electron chi connectivity index (χ0n) is 22.8. The van der Waals surface area contributed by atoms with Crippen LogP contribution >= 0.6 is 11.3 Å². The Hall–Kier alpha value is -4.28. The molecular weight excluding hydrogens is 540 g/mol. The summed E-state index contributed by atoms with van der Waals surface area (Å²) in [6, 6.07) is 12.1. The molecule has 0 bridgehead atoms. The second-order valence-electron chi connectivity index (χ2n) is 10.4. The molecule has 5 heterocycles. The molecule has 10 heteroatoms. The van der Waals surface area contributed by atoms with E-state index >= 15 is 0 Å². The van der Waals surface area contributed by atoms with Crippen LogP contribution < -0.4 is 0 Å². The number of aryl methyl sites for hydroxylation is 1. The van der Waals surface area contributed by atoms with E-state index in [1.165, 1.54) is 6.20 Å². The van der Waals surface area contributed by atoms with E-state index < -0.39 is 5.92 Å². The monoisotopic (exact) mass is 569 g/mol. The van der Waals surface area contributed by atoms with Gasteiger partial charge in [0, 0.05) is 59.6 Å². The molecule has 0 spiro atoms. The Morgan fingerprint density at radius 3 is 2.73 bits per heavy atom. The van der Waals surface area contributed by atoms with Crippen LogP contribution in [-0.4, -0.2) is 54.8 Å². The quantitative estimate of drug-likeness (QED) is 0.193. The van der Waals surface area contributed by atoms with Crippen molar-refractivity contribution in [1.82, 2.24) is 30.0 Å². The highest BCUT2D eigenvalue weighted by Crippen LogP contribution is 2.32. The predicted octanol–water partition coefficient (Wildman–Crippen LogP) is 7.24. The van der Waals surface area contributed by atoms with Crippen molar-refractivity contribution in [3.05, 3.63) is 94.9 Å². The van der Waals surface area contributed by atoms with E-state index in [4.69, 9.17) is 4.98 Å². The molecule has 2 N–H and O–H groups in total. The number of thiophene rings is 1. The summed E-state index contributed by atoms with van der Waals surface area (Å²) in [6.07, 6.45) is 4.95. The van der Waals surface area contributed by atoms with Crippen LogP contribution in [0.25, 0.3) is 39.1 Å². The minimum absolute atomic E-state index is 0.0994. The highest BCUT2D eigenvalue weighted by Gasteiger charge is 2.37. The van der Waals surface area contributed by atoms with Gasteiger partial charge in [0.25, 0.3) is 5.92 Å². The number of pyridine rings is 1. The molecule has 0 radical (unpaired) electrons.